The molecule has 0 aromatic rings. The van der Waals surface area contributed by atoms with E-state index in [-0.39, 0.29) is 0 Å². The van der Waals surface area contributed by atoms with Crippen LogP contribution in [0, 0.1) is 0 Å². The molecule has 12 heavy (non-hydrogen) atoms. The van der Waals surface area contributed by atoms with Crippen molar-refractivity contribution >= 4 is 0 Å². The van der Waals surface area contributed by atoms with Crippen molar-refractivity contribution in [1.29, 1.82) is 0 Å². The monoisotopic (exact) mass is 178 g/mol. The quantitative estimate of drug-likeness (QED) is 0.508. The lowest BCUT2D eigenvalue weighted by Crippen LogP contribution is -2.31. The Bertz CT molecular complexity index is 105. The first-order valence-corrected chi connectivity index (χ1v) is 4.27. The van der Waals surface area contributed by atoms with Crippen LogP contribution in [0.4, 0.5) is 0 Å². The van der Waals surface area contributed by atoms with Gasteiger partial charge in [0, 0.05) is 0 Å². The van der Waals surface area contributed by atoms with Crippen LogP contribution in [-0.2, 0) is 4.74 Å². The van der Waals surface area contributed by atoms with Crippen molar-refractivity contribution in [3.63, 3.8) is 0 Å². The van der Waals surface area contributed by atoms with E-state index in [2.05, 4.69) is 4.74 Å². The molecule has 3 N–H and O–H groups in total. The molecule has 3 unspecified atom stereocenters. The average molecular weight is 178 g/mol. The van der Waals surface area contributed by atoms with Gasteiger partial charge < -0.3 is 20.1 Å². The second-order valence-electron chi connectivity index (χ2n) is 2.84. The second kappa shape index (κ2) is 6.37. The molecule has 74 valence electrons. The number of rotatable bonds is 6. The lowest BCUT2D eigenvalue weighted by atomic mass is 10.1. The fourth-order valence-corrected chi connectivity index (χ4v) is 0.848. The van der Waals surface area contributed by atoms with E-state index >= 15 is 0 Å². The Labute approximate surface area is 72.8 Å². The Hall–Kier alpha value is -0.160. The Balaban J connectivity index is 3.53. The highest BCUT2D eigenvalue weighted by molar-refractivity contribution is 4.58. The molecule has 0 aromatic carbocycles. The van der Waals surface area contributed by atoms with Crippen molar-refractivity contribution in [2.24, 2.45) is 0 Å². The Morgan fingerprint density at radius 2 is 1.83 bits per heavy atom. The van der Waals surface area contributed by atoms with Gasteiger partial charge in [-0.05, 0) is 13.3 Å². The van der Waals surface area contributed by atoms with E-state index in [1.165, 1.54) is 6.92 Å². The molecule has 0 heterocycles. The molecule has 4 heteroatoms. The normalized spacial score (nSPS) is 18.8. The maximum atomic E-state index is 9.21. The van der Waals surface area contributed by atoms with Crippen LogP contribution in [0.15, 0.2) is 0 Å². The van der Waals surface area contributed by atoms with Gasteiger partial charge in [-0.1, -0.05) is 19.8 Å². The molecular formula is C8H18O4. The fraction of sp³-hybridized carbons (Fsp3) is 1.00. The van der Waals surface area contributed by atoms with Gasteiger partial charge in [0.25, 0.3) is 0 Å². The highest BCUT2D eigenvalue weighted by atomic mass is 16.7. The Morgan fingerprint density at radius 3 is 2.25 bits per heavy atom. The first-order chi connectivity index (χ1) is 5.57. The number of hydrogen-bond donors (Lipinski definition) is 3. The predicted molar refractivity (Wildman–Crippen MR) is 44.3 cm³/mol. The zero-order valence-electron chi connectivity index (χ0n) is 7.60. The molecule has 4 nitrogen and oxygen atoms in total. The summed E-state index contributed by atoms with van der Waals surface area (Å²) in [5.74, 6) is 0. The first kappa shape index (κ1) is 11.8. The molecule has 0 rings (SSSR count). The molecule has 0 radical (unpaired) electrons. The zero-order valence-corrected chi connectivity index (χ0v) is 7.60. The summed E-state index contributed by atoms with van der Waals surface area (Å²) in [7, 11) is 0. The largest absolute Gasteiger partial charge is 0.388 e. The summed E-state index contributed by atoms with van der Waals surface area (Å²) in [6.45, 7) is 3.38. The highest BCUT2D eigenvalue weighted by Crippen LogP contribution is 2.06. The molecule has 0 aliphatic carbocycles. The van der Waals surface area contributed by atoms with Crippen molar-refractivity contribution in [3.05, 3.63) is 0 Å². The topological polar surface area (TPSA) is 69.9 Å². The molecule has 0 spiro atoms. The van der Waals surface area contributed by atoms with Gasteiger partial charge in [0.15, 0.2) is 12.6 Å². The third kappa shape index (κ3) is 5.49. The minimum absolute atomic E-state index is 0.490. The third-order valence-corrected chi connectivity index (χ3v) is 1.52. The van der Waals surface area contributed by atoms with Gasteiger partial charge in [-0.2, -0.15) is 0 Å². The van der Waals surface area contributed by atoms with Crippen LogP contribution >= 0.6 is 0 Å². The number of ether oxygens (including phenoxy) is 1. The summed E-state index contributed by atoms with van der Waals surface area (Å²) in [6.07, 6.45) is -0.947. The van der Waals surface area contributed by atoms with E-state index in [1.807, 2.05) is 6.92 Å². The van der Waals surface area contributed by atoms with E-state index in [1.54, 1.807) is 0 Å². The van der Waals surface area contributed by atoms with Crippen molar-refractivity contribution < 1.29 is 20.1 Å². The second-order valence-corrected chi connectivity index (χ2v) is 2.84. The number of aliphatic hydroxyl groups is 3. The van der Waals surface area contributed by atoms with E-state index in [9.17, 15) is 5.11 Å². The Kier molecular flexibility index (Phi) is 6.28. The lowest BCUT2D eigenvalue weighted by molar-refractivity contribution is -0.235. The van der Waals surface area contributed by atoms with Gasteiger partial charge in [0.1, 0.15) is 6.10 Å². The fourth-order valence-electron chi connectivity index (χ4n) is 0.848. The van der Waals surface area contributed by atoms with Gasteiger partial charge >= 0.3 is 0 Å². The van der Waals surface area contributed by atoms with Gasteiger partial charge in [0.05, 0.1) is 0 Å². The summed E-state index contributed by atoms with van der Waals surface area (Å²) in [6, 6.07) is 0. The number of hydrogen-bond acceptors (Lipinski definition) is 4. The Morgan fingerprint density at radius 1 is 1.25 bits per heavy atom. The maximum absolute atomic E-state index is 9.21. The summed E-state index contributed by atoms with van der Waals surface area (Å²) in [5.41, 5.74) is 0. The third-order valence-electron chi connectivity index (χ3n) is 1.52. The summed E-state index contributed by atoms with van der Waals surface area (Å²) in [5, 5.41) is 27.0. The average Bonchev–Trinajstić information content (AvgIpc) is 1.98. The van der Waals surface area contributed by atoms with Crippen LogP contribution in [0.3, 0.4) is 0 Å². The van der Waals surface area contributed by atoms with Crippen LogP contribution in [0.25, 0.3) is 0 Å². The summed E-state index contributed by atoms with van der Waals surface area (Å²) in [4.78, 5) is 0. The highest BCUT2D eigenvalue weighted by Gasteiger charge is 2.17. The first-order valence-electron chi connectivity index (χ1n) is 4.27. The molecule has 0 aromatic heterocycles. The number of aliphatic hydroxyl groups excluding tert-OH is 3. The van der Waals surface area contributed by atoms with E-state index < -0.39 is 18.7 Å². The molecule has 0 bridgehead atoms. The SMILES string of the molecule is CCCCC(O)C(O)OC(C)O. The van der Waals surface area contributed by atoms with Gasteiger partial charge in [-0.25, -0.2) is 0 Å². The molecule has 0 aliphatic rings. The van der Waals surface area contributed by atoms with Crippen molar-refractivity contribution in [2.45, 2.75) is 51.8 Å². The maximum Gasteiger partial charge on any atom is 0.183 e. The molecular weight excluding hydrogens is 160 g/mol. The van der Waals surface area contributed by atoms with Crippen molar-refractivity contribution in [1.82, 2.24) is 0 Å². The number of unbranched alkanes of at least 4 members (excludes halogenated alkanes) is 1. The lowest BCUT2D eigenvalue weighted by Gasteiger charge is -2.19. The smallest absolute Gasteiger partial charge is 0.183 e. The van der Waals surface area contributed by atoms with Crippen molar-refractivity contribution in [2.75, 3.05) is 0 Å². The van der Waals surface area contributed by atoms with E-state index in [4.69, 9.17) is 10.2 Å². The molecule has 0 saturated carbocycles. The zero-order chi connectivity index (χ0) is 9.56. The van der Waals surface area contributed by atoms with Crippen LogP contribution in [0.5, 0.6) is 0 Å². The standard InChI is InChI=1S/C8H18O4/c1-3-4-5-7(10)8(11)12-6(2)9/h6-11H,3-5H2,1-2H3. The molecule has 0 amide bonds. The molecule has 0 aliphatic heterocycles. The van der Waals surface area contributed by atoms with Gasteiger partial charge in [-0.15, -0.1) is 0 Å². The van der Waals surface area contributed by atoms with Crippen LogP contribution in [0.2, 0.25) is 0 Å². The van der Waals surface area contributed by atoms with Crippen LogP contribution < -0.4 is 0 Å². The predicted octanol–water partition coefficient (Wildman–Crippen LogP) is 0.211. The summed E-state index contributed by atoms with van der Waals surface area (Å²) >= 11 is 0. The van der Waals surface area contributed by atoms with Crippen molar-refractivity contribution in [3.8, 4) is 0 Å². The molecule has 3 atom stereocenters. The summed E-state index contributed by atoms with van der Waals surface area (Å²) < 4.78 is 4.57. The minimum Gasteiger partial charge on any atom is -0.388 e. The van der Waals surface area contributed by atoms with Gasteiger partial charge in [-0.3, -0.25) is 0 Å². The van der Waals surface area contributed by atoms with E-state index in [0.717, 1.165) is 12.8 Å². The van der Waals surface area contributed by atoms with Crippen LogP contribution in [0.1, 0.15) is 33.1 Å². The van der Waals surface area contributed by atoms with Crippen LogP contribution in [-0.4, -0.2) is 34.0 Å². The van der Waals surface area contributed by atoms with E-state index in [0.29, 0.717) is 6.42 Å². The molecule has 0 fully saturated rings. The minimum atomic E-state index is -1.28. The van der Waals surface area contributed by atoms with Gasteiger partial charge in [0.2, 0.25) is 0 Å². The molecule has 0 saturated heterocycles.